The number of aromatic nitrogens is 2. The molecule has 0 radical (unpaired) electrons. The number of benzene rings is 8. The smallest absolute Gasteiger partial charge is 0.160 e. The third-order valence-corrected chi connectivity index (χ3v) is 9.94. The monoisotopic (exact) mass is 650 g/mol. The molecule has 0 aliphatic carbocycles. The summed E-state index contributed by atoms with van der Waals surface area (Å²) in [5.41, 5.74) is 11.2. The largest absolute Gasteiger partial charge is 0.455 e. The first kappa shape index (κ1) is 29.1. The molecule has 2 aromatic heterocycles. The van der Waals surface area contributed by atoms with Crippen molar-refractivity contribution in [3.63, 3.8) is 0 Å². The maximum atomic E-state index is 6.48. The second-order valence-electron chi connectivity index (χ2n) is 12.9. The summed E-state index contributed by atoms with van der Waals surface area (Å²) in [6.07, 6.45) is 0. The molecular weight excluding hydrogens is 621 g/mol. The van der Waals surface area contributed by atoms with Gasteiger partial charge in [-0.1, -0.05) is 170 Å². The summed E-state index contributed by atoms with van der Waals surface area (Å²) in [6.45, 7) is 0. The molecule has 8 aromatic carbocycles. The van der Waals surface area contributed by atoms with Crippen molar-refractivity contribution in [2.75, 3.05) is 0 Å². The molecule has 0 bridgehead atoms. The number of nitrogens with zero attached hydrogens (tertiary/aromatic N) is 2. The third-order valence-electron chi connectivity index (χ3n) is 9.94. The summed E-state index contributed by atoms with van der Waals surface area (Å²) in [5.74, 6) is 0.694. The molecule has 0 fully saturated rings. The lowest BCUT2D eigenvalue weighted by molar-refractivity contribution is 0.670. The van der Waals surface area contributed by atoms with E-state index >= 15 is 0 Å². The van der Waals surface area contributed by atoms with Gasteiger partial charge in [0.2, 0.25) is 0 Å². The predicted octanol–water partition coefficient (Wildman–Crippen LogP) is 13.0. The van der Waals surface area contributed by atoms with Crippen LogP contribution in [0.5, 0.6) is 0 Å². The molecule has 0 amide bonds. The Balaban J connectivity index is 1.19. The van der Waals surface area contributed by atoms with Crippen LogP contribution in [0.1, 0.15) is 0 Å². The first-order chi connectivity index (χ1) is 25.3. The maximum absolute atomic E-state index is 6.48. The highest BCUT2D eigenvalue weighted by molar-refractivity contribution is 6.14. The summed E-state index contributed by atoms with van der Waals surface area (Å²) >= 11 is 0. The Labute approximate surface area is 295 Å². The van der Waals surface area contributed by atoms with Gasteiger partial charge in [-0.2, -0.15) is 0 Å². The fraction of sp³-hybridized carbons (Fsp3) is 0. The second-order valence-corrected chi connectivity index (χ2v) is 12.9. The molecular formula is C48H30N2O. The molecule has 3 nitrogen and oxygen atoms in total. The Morgan fingerprint density at radius 2 is 0.784 bits per heavy atom. The zero-order valence-electron chi connectivity index (χ0n) is 27.6. The number of hydrogen-bond donors (Lipinski definition) is 0. The van der Waals surface area contributed by atoms with Crippen LogP contribution in [0.2, 0.25) is 0 Å². The van der Waals surface area contributed by atoms with Crippen molar-refractivity contribution < 1.29 is 4.42 Å². The van der Waals surface area contributed by atoms with Gasteiger partial charge in [0.05, 0.1) is 11.4 Å². The van der Waals surface area contributed by atoms with Gasteiger partial charge in [0.15, 0.2) is 5.82 Å². The van der Waals surface area contributed by atoms with E-state index in [1.54, 1.807) is 0 Å². The SMILES string of the molecule is c1ccc(-c2nc(-c3ccc(-c4ccccc4)c4ccccc34)cc(-c3ccc(-c4cccc5c4oc4ccccc45)c4ccccc34)n2)cc1. The summed E-state index contributed by atoms with van der Waals surface area (Å²) in [5, 5.41) is 6.85. The number of furan rings is 1. The molecule has 238 valence electrons. The molecule has 0 spiro atoms. The summed E-state index contributed by atoms with van der Waals surface area (Å²) in [7, 11) is 0. The summed E-state index contributed by atoms with van der Waals surface area (Å²) < 4.78 is 6.48. The van der Waals surface area contributed by atoms with Crippen LogP contribution in [0.4, 0.5) is 0 Å². The molecule has 0 saturated heterocycles. The molecule has 10 aromatic rings. The van der Waals surface area contributed by atoms with Crippen molar-refractivity contribution in [3.05, 3.63) is 182 Å². The standard InChI is InChI=1S/C48H30N2O/c1-3-14-31(15-4-1)33-26-28-39(36-20-9-7-18-34(33)36)44-30-45(50-48(49-44)32-16-5-2-6-17-32)40-29-27-38(35-19-8-10-21-37(35)40)42-23-13-24-43-41-22-11-12-25-46(41)51-47(42)43/h1-30H. The number of rotatable bonds is 5. The van der Waals surface area contributed by atoms with E-state index in [9.17, 15) is 0 Å². The van der Waals surface area contributed by atoms with Gasteiger partial charge in [-0.3, -0.25) is 0 Å². The van der Waals surface area contributed by atoms with E-state index in [0.717, 1.165) is 77.3 Å². The Hall–Kier alpha value is -6.84. The Kier molecular flexibility index (Phi) is 6.81. The van der Waals surface area contributed by atoms with Gasteiger partial charge in [-0.25, -0.2) is 9.97 Å². The average molecular weight is 651 g/mol. The van der Waals surface area contributed by atoms with Gasteiger partial charge in [-0.05, 0) is 50.4 Å². The van der Waals surface area contributed by atoms with Gasteiger partial charge in [-0.15, -0.1) is 0 Å². The van der Waals surface area contributed by atoms with Crippen molar-refractivity contribution in [1.29, 1.82) is 0 Å². The van der Waals surface area contributed by atoms with E-state index in [-0.39, 0.29) is 0 Å². The first-order valence-electron chi connectivity index (χ1n) is 17.2. The maximum Gasteiger partial charge on any atom is 0.160 e. The van der Waals surface area contributed by atoms with Gasteiger partial charge >= 0.3 is 0 Å². The predicted molar refractivity (Wildman–Crippen MR) is 212 cm³/mol. The van der Waals surface area contributed by atoms with E-state index in [1.807, 2.05) is 30.3 Å². The van der Waals surface area contributed by atoms with Crippen LogP contribution < -0.4 is 0 Å². The van der Waals surface area contributed by atoms with E-state index in [1.165, 1.54) is 16.5 Å². The Bertz CT molecular complexity index is 2910. The van der Waals surface area contributed by atoms with Gasteiger partial charge in [0.25, 0.3) is 0 Å². The number of para-hydroxylation sites is 2. The minimum Gasteiger partial charge on any atom is -0.455 e. The quantitative estimate of drug-likeness (QED) is 0.186. The molecule has 0 unspecified atom stereocenters. The molecule has 0 atom stereocenters. The van der Waals surface area contributed by atoms with Crippen molar-refractivity contribution in [1.82, 2.24) is 9.97 Å². The highest BCUT2D eigenvalue weighted by atomic mass is 16.3. The number of hydrogen-bond acceptors (Lipinski definition) is 3. The second kappa shape index (κ2) is 11.9. The van der Waals surface area contributed by atoms with E-state index < -0.39 is 0 Å². The molecule has 2 heterocycles. The fourth-order valence-corrected chi connectivity index (χ4v) is 7.55. The lowest BCUT2D eigenvalue weighted by Gasteiger charge is -2.15. The van der Waals surface area contributed by atoms with Gasteiger partial charge in [0, 0.05) is 33.0 Å². The molecule has 51 heavy (non-hydrogen) atoms. The average Bonchev–Trinajstić information content (AvgIpc) is 3.60. The summed E-state index contributed by atoms with van der Waals surface area (Å²) in [4.78, 5) is 10.5. The van der Waals surface area contributed by atoms with E-state index in [4.69, 9.17) is 14.4 Å². The Morgan fingerprint density at radius 3 is 1.43 bits per heavy atom. The third kappa shape index (κ3) is 4.90. The van der Waals surface area contributed by atoms with Crippen molar-refractivity contribution >= 4 is 43.5 Å². The van der Waals surface area contributed by atoms with Crippen LogP contribution in [0, 0.1) is 0 Å². The molecule has 0 aliphatic heterocycles. The number of fused-ring (bicyclic) bond motifs is 5. The topological polar surface area (TPSA) is 38.9 Å². The van der Waals surface area contributed by atoms with Crippen molar-refractivity contribution in [3.8, 4) is 56.2 Å². The zero-order chi connectivity index (χ0) is 33.7. The van der Waals surface area contributed by atoms with Crippen molar-refractivity contribution in [2.45, 2.75) is 0 Å². The van der Waals surface area contributed by atoms with Crippen LogP contribution in [0.25, 0.3) is 99.6 Å². The van der Waals surface area contributed by atoms with Crippen LogP contribution >= 0.6 is 0 Å². The van der Waals surface area contributed by atoms with E-state index in [0.29, 0.717) is 5.82 Å². The minimum atomic E-state index is 0.694. The lowest BCUT2D eigenvalue weighted by Crippen LogP contribution is -1.97. The summed E-state index contributed by atoms with van der Waals surface area (Å²) in [6, 6.07) is 63.7. The molecule has 3 heteroatoms. The normalized spacial score (nSPS) is 11.5. The minimum absolute atomic E-state index is 0.694. The molecule has 0 aliphatic rings. The van der Waals surface area contributed by atoms with Crippen LogP contribution in [-0.4, -0.2) is 9.97 Å². The first-order valence-corrected chi connectivity index (χ1v) is 17.2. The van der Waals surface area contributed by atoms with Gasteiger partial charge in [0.1, 0.15) is 11.2 Å². The van der Waals surface area contributed by atoms with E-state index in [2.05, 4.69) is 152 Å². The highest BCUT2D eigenvalue weighted by Crippen LogP contribution is 2.42. The van der Waals surface area contributed by atoms with Crippen LogP contribution in [-0.2, 0) is 0 Å². The molecule has 0 N–H and O–H groups in total. The highest BCUT2D eigenvalue weighted by Gasteiger charge is 2.19. The molecule has 0 saturated carbocycles. The lowest BCUT2D eigenvalue weighted by atomic mass is 9.91. The van der Waals surface area contributed by atoms with Gasteiger partial charge < -0.3 is 4.42 Å². The Morgan fingerprint density at radius 1 is 0.314 bits per heavy atom. The molecule has 10 rings (SSSR count). The van der Waals surface area contributed by atoms with Crippen LogP contribution in [0.3, 0.4) is 0 Å². The zero-order valence-corrected chi connectivity index (χ0v) is 27.6. The van der Waals surface area contributed by atoms with Crippen LogP contribution in [0.15, 0.2) is 186 Å². The fourth-order valence-electron chi connectivity index (χ4n) is 7.55. The van der Waals surface area contributed by atoms with Crippen molar-refractivity contribution in [2.24, 2.45) is 0 Å².